The second-order valence-corrected chi connectivity index (χ2v) is 24.2. The van der Waals surface area contributed by atoms with E-state index in [1.807, 2.05) is 12.1 Å². The fraction of sp³-hybridized carbons (Fsp3) is 0.600. The number of hydrogen-bond donors (Lipinski definition) is 2. The largest absolute Gasteiger partial charge is 0.366 e. The summed E-state index contributed by atoms with van der Waals surface area (Å²) in [4.78, 5) is 26.7. The molecule has 0 saturated carbocycles. The minimum atomic E-state index is -2.47. The summed E-state index contributed by atoms with van der Waals surface area (Å²) in [6.07, 6.45) is 0. The zero-order chi connectivity index (χ0) is 27.9. The van der Waals surface area contributed by atoms with Crippen molar-refractivity contribution in [1.29, 1.82) is 0 Å². The number of primary amides is 2. The summed E-state index contributed by atoms with van der Waals surface area (Å²) in [5, 5.41) is 4.40. The predicted molar refractivity (Wildman–Crippen MR) is 162 cm³/mol. The maximum absolute atomic E-state index is 13.5. The van der Waals surface area contributed by atoms with Gasteiger partial charge in [-0.1, -0.05) is 113 Å². The molecule has 0 aliphatic heterocycles. The Hall–Kier alpha value is -1.21. The van der Waals surface area contributed by atoms with E-state index in [4.69, 9.17) is 11.5 Å². The molecule has 2 aromatic carbocycles. The molecule has 2 amide bonds. The quantitative estimate of drug-likeness (QED) is 0.306. The number of nitrogens with two attached hydrogens (primary N) is 2. The molecule has 0 bridgehead atoms. The van der Waals surface area contributed by atoms with Gasteiger partial charge in [-0.25, -0.2) is 0 Å². The van der Waals surface area contributed by atoms with E-state index in [9.17, 15) is 9.59 Å². The normalized spacial score (nSPS) is 12.9. The van der Waals surface area contributed by atoms with E-state index < -0.39 is 28.0 Å². The third kappa shape index (κ3) is 5.08. The van der Waals surface area contributed by atoms with Gasteiger partial charge in [0.2, 0.25) is 11.8 Å². The van der Waals surface area contributed by atoms with Gasteiger partial charge in [-0.3, -0.25) is 9.59 Å². The maximum atomic E-state index is 13.5. The van der Waals surface area contributed by atoms with Crippen molar-refractivity contribution in [3.63, 3.8) is 0 Å². The molecule has 0 aliphatic rings. The van der Waals surface area contributed by atoms with Crippen LogP contribution in [-0.2, 0) is 21.7 Å². The van der Waals surface area contributed by atoms with Gasteiger partial charge in [0.25, 0.3) is 0 Å². The number of benzene rings is 2. The Morgan fingerprint density at radius 3 is 1.14 bits per heavy atom. The van der Waals surface area contributed by atoms with E-state index in [0.29, 0.717) is 44.4 Å². The molecule has 0 heterocycles. The van der Waals surface area contributed by atoms with Crippen molar-refractivity contribution in [2.24, 2.45) is 11.5 Å². The Bertz CT molecular complexity index is 1100. The molecule has 4 nitrogen and oxygen atoms in total. The van der Waals surface area contributed by atoms with Crippen molar-refractivity contribution < 1.29 is 31.3 Å². The molecule has 37 heavy (non-hydrogen) atoms. The monoisotopic (exact) mass is 574 g/mol. The molecule has 4 N–H and O–H groups in total. The topological polar surface area (TPSA) is 86.2 Å². The van der Waals surface area contributed by atoms with Crippen molar-refractivity contribution in [2.75, 3.05) is 0 Å². The Labute approximate surface area is 242 Å². The zero-order valence-corrected chi connectivity index (χ0v) is 28.8. The Balaban J connectivity index is 0.00000684. The summed E-state index contributed by atoms with van der Waals surface area (Å²) in [5.41, 5.74) is 15.4. The van der Waals surface area contributed by atoms with Crippen LogP contribution in [0.15, 0.2) is 24.3 Å². The van der Waals surface area contributed by atoms with Gasteiger partial charge in [-0.2, -0.15) is 0 Å². The summed E-state index contributed by atoms with van der Waals surface area (Å²) in [7, 11) is -4.79. The molecule has 0 saturated heterocycles. The van der Waals surface area contributed by atoms with Crippen LogP contribution in [0.5, 0.6) is 0 Å². The van der Waals surface area contributed by atoms with Crippen LogP contribution in [0.2, 0.25) is 33.2 Å². The first-order chi connectivity index (χ1) is 16.5. The molecular formula is C30H50N2O2Si2Ti. The SMILES string of the molecule is CC(C)[Si](c1c(C(N)=O)c(C(N)=O)c2ccccc2c1[Si](C(C)C)(C(C)C)C(C)C)(C(C)C)C(C)C.[Ti]. The fourth-order valence-corrected chi connectivity index (χ4v) is 23.8. The standard InChI is InChI=1S/C30H50N2O2Si2.Ti/c1-17(2)35(18(3)4,19(5)6)27-24-16-14-13-15-23(24)25(29(31)33)26(30(32)34)28(27)36(20(7)8,21(9)10)22(11)12;/h13-22H,1-12H3,(H2,31,33)(H2,32,34);. The summed E-state index contributed by atoms with van der Waals surface area (Å²) < 4.78 is 0. The minimum Gasteiger partial charge on any atom is -0.366 e. The third-order valence-electron chi connectivity index (χ3n) is 9.31. The van der Waals surface area contributed by atoms with Crippen LogP contribution >= 0.6 is 0 Å². The van der Waals surface area contributed by atoms with Gasteiger partial charge >= 0.3 is 0 Å². The van der Waals surface area contributed by atoms with Crippen LogP contribution in [0.25, 0.3) is 10.8 Å². The molecule has 0 spiro atoms. The minimum absolute atomic E-state index is 0. The first-order valence-electron chi connectivity index (χ1n) is 13.7. The number of rotatable bonds is 10. The van der Waals surface area contributed by atoms with E-state index in [1.54, 1.807) is 0 Å². The van der Waals surface area contributed by atoms with E-state index in [0.717, 1.165) is 16.0 Å². The second kappa shape index (κ2) is 12.3. The van der Waals surface area contributed by atoms with E-state index in [2.05, 4.69) is 95.2 Å². The number of fused-ring (bicyclic) bond motifs is 1. The summed E-state index contributed by atoms with van der Waals surface area (Å²) in [6, 6.07) is 8.12. The van der Waals surface area contributed by atoms with Crippen molar-refractivity contribution in [3.8, 4) is 0 Å². The van der Waals surface area contributed by atoms with Crippen LogP contribution in [0, 0.1) is 0 Å². The molecule has 7 heteroatoms. The zero-order valence-electron chi connectivity index (χ0n) is 25.2. The molecule has 2 rings (SSSR count). The van der Waals surface area contributed by atoms with Gasteiger partial charge < -0.3 is 11.5 Å². The van der Waals surface area contributed by atoms with Crippen molar-refractivity contribution in [2.45, 2.75) is 116 Å². The smallest absolute Gasteiger partial charge is 0.250 e. The third-order valence-corrected chi connectivity index (χ3v) is 23.8. The van der Waals surface area contributed by atoms with E-state index >= 15 is 0 Å². The van der Waals surface area contributed by atoms with Gasteiger partial charge in [0.05, 0.1) is 27.3 Å². The van der Waals surface area contributed by atoms with Crippen LogP contribution in [-0.4, -0.2) is 28.0 Å². The predicted octanol–water partition coefficient (Wildman–Crippen LogP) is 6.81. The molecule has 2 aromatic rings. The molecular weight excluding hydrogens is 524 g/mol. The molecule has 0 radical (unpaired) electrons. The van der Waals surface area contributed by atoms with Gasteiger partial charge in [-0.05, 0) is 49.2 Å². The number of amides is 2. The molecule has 204 valence electrons. The Kier molecular flexibility index (Phi) is 11.3. The number of carbonyl (C=O) groups is 2. The summed E-state index contributed by atoms with van der Waals surface area (Å²) in [6.45, 7) is 28.0. The molecule has 0 aromatic heterocycles. The average Bonchev–Trinajstić information content (AvgIpc) is 2.72. The second-order valence-electron chi connectivity index (χ2n) is 12.6. The maximum Gasteiger partial charge on any atom is 0.250 e. The Morgan fingerprint density at radius 1 is 0.541 bits per heavy atom. The Morgan fingerprint density at radius 2 is 0.838 bits per heavy atom. The van der Waals surface area contributed by atoms with Crippen molar-refractivity contribution in [1.82, 2.24) is 0 Å². The summed E-state index contributed by atoms with van der Waals surface area (Å²) >= 11 is 0. The number of hydrogen-bond acceptors (Lipinski definition) is 2. The number of carbonyl (C=O) groups excluding carboxylic acids is 2. The van der Waals surface area contributed by atoms with Gasteiger partial charge in [-0.15, -0.1) is 0 Å². The van der Waals surface area contributed by atoms with Crippen molar-refractivity contribution in [3.05, 3.63) is 35.4 Å². The first kappa shape index (κ1) is 33.8. The average molecular weight is 575 g/mol. The fourth-order valence-electron chi connectivity index (χ4n) is 8.56. The first-order valence-corrected chi connectivity index (χ1v) is 18.2. The summed E-state index contributed by atoms with van der Waals surface area (Å²) in [5.74, 6) is -1.10. The van der Waals surface area contributed by atoms with Gasteiger partial charge in [0, 0.05) is 21.7 Å². The van der Waals surface area contributed by atoms with Gasteiger partial charge in [0.1, 0.15) is 0 Å². The van der Waals surface area contributed by atoms with Gasteiger partial charge in [0.15, 0.2) is 0 Å². The van der Waals surface area contributed by atoms with Crippen LogP contribution < -0.4 is 21.8 Å². The van der Waals surface area contributed by atoms with Crippen molar-refractivity contribution >= 4 is 49.1 Å². The molecule has 0 atom stereocenters. The molecule has 0 unspecified atom stereocenters. The van der Waals surface area contributed by atoms with E-state index in [-0.39, 0.29) is 21.7 Å². The molecule has 0 aliphatic carbocycles. The van der Waals surface area contributed by atoms with E-state index in [1.165, 1.54) is 5.19 Å². The van der Waals surface area contributed by atoms with Crippen LogP contribution in [0.4, 0.5) is 0 Å². The van der Waals surface area contributed by atoms with Crippen LogP contribution in [0.1, 0.15) is 104 Å². The van der Waals surface area contributed by atoms with Crippen LogP contribution in [0.3, 0.4) is 0 Å². The molecule has 0 fully saturated rings.